The maximum absolute atomic E-state index is 12.3. The van der Waals surface area contributed by atoms with E-state index in [4.69, 9.17) is 4.42 Å². The van der Waals surface area contributed by atoms with Gasteiger partial charge in [-0.15, -0.1) is 0 Å². The number of likely N-dealkylation sites (N-methyl/N-ethyl adjacent to an activating group) is 1. The highest BCUT2D eigenvalue weighted by Gasteiger charge is 2.18. The first-order valence-electron chi connectivity index (χ1n) is 8.20. The number of carbonyl (C=O) groups excluding carboxylic acids is 1. The summed E-state index contributed by atoms with van der Waals surface area (Å²) in [4.78, 5) is 14.4. The van der Waals surface area contributed by atoms with Gasteiger partial charge >= 0.3 is 0 Å². The third kappa shape index (κ3) is 3.94. The third-order valence-electron chi connectivity index (χ3n) is 4.63. The second-order valence-electron chi connectivity index (χ2n) is 6.90. The van der Waals surface area contributed by atoms with Gasteiger partial charge in [-0.1, -0.05) is 26.0 Å². The summed E-state index contributed by atoms with van der Waals surface area (Å²) in [6.45, 7) is 9.13. The van der Waals surface area contributed by atoms with Gasteiger partial charge in [-0.2, -0.15) is 0 Å². The smallest absolute Gasteiger partial charge is 0.224 e. The Morgan fingerprint density at radius 2 is 1.96 bits per heavy atom. The Balaban J connectivity index is 2.05. The monoisotopic (exact) mass is 316 g/mol. The summed E-state index contributed by atoms with van der Waals surface area (Å²) < 4.78 is 5.68. The van der Waals surface area contributed by atoms with Gasteiger partial charge in [0, 0.05) is 23.5 Å². The van der Waals surface area contributed by atoms with Crippen molar-refractivity contribution in [3.05, 3.63) is 35.1 Å². The Labute approximate surface area is 138 Å². The van der Waals surface area contributed by atoms with Gasteiger partial charge in [0.2, 0.25) is 5.91 Å². The molecule has 0 bridgehead atoms. The topological polar surface area (TPSA) is 45.5 Å². The lowest BCUT2D eigenvalue weighted by Crippen LogP contribution is -2.43. The van der Waals surface area contributed by atoms with Crippen molar-refractivity contribution >= 4 is 16.9 Å². The van der Waals surface area contributed by atoms with Crippen molar-refractivity contribution in [2.75, 3.05) is 20.6 Å². The summed E-state index contributed by atoms with van der Waals surface area (Å²) in [6.07, 6.45) is 2.07. The Morgan fingerprint density at radius 3 is 2.57 bits per heavy atom. The number of fused-ring (bicyclic) bond motifs is 1. The average molecular weight is 316 g/mol. The van der Waals surface area contributed by atoms with Crippen LogP contribution < -0.4 is 5.32 Å². The van der Waals surface area contributed by atoms with E-state index in [1.54, 1.807) is 6.26 Å². The molecule has 0 aliphatic heterocycles. The standard InChI is InChI=1S/C19H28N2O2/c1-12(2)17(21(5)6)10-20-18(22)9-15-11-23-19-14(4)13(3)7-8-16(15)19/h7-8,11-12,17H,9-10H2,1-6H3,(H,20,22)/t17-/m0/s1. The van der Waals surface area contributed by atoms with Gasteiger partial charge in [-0.05, 0) is 45.0 Å². The SMILES string of the molecule is Cc1ccc2c(CC(=O)NC[C@@H](C(C)C)N(C)C)coc2c1C. The van der Waals surface area contributed by atoms with Crippen molar-refractivity contribution in [2.45, 2.75) is 40.2 Å². The number of nitrogens with zero attached hydrogens (tertiary/aromatic N) is 1. The molecule has 0 spiro atoms. The maximum Gasteiger partial charge on any atom is 0.224 e. The number of hydrogen-bond acceptors (Lipinski definition) is 3. The zero-order valence-electron chi connectivity index (χ0n) is 15.1. The molecule has 126 valence electrons. The number of amides is 1. The number of hydrogen-bond donors (Lipinski definition) is 1. The molecule has 1 aromatic carbocycles. The lowest BCUT2D eigenvalue weighted by molar-refractivity contribution is -0.120. The second-order valence-corrected chi connectivity index (χ2v) is 6.90. The first-order chi connectivity index (χ1) is 10.8. The van der Waals surface area contributed by atoms with Gasteiger partial charge in [-0.3, -0.25) is 4.79 Å². The number of carbonyl (C=O) groups is 1. The summed E-state index contributed by atoms with van der Waals surface area (Å²) in [5, 5.41) is 4.09. The number of nitrogens with one attached hydrogen (secondary N) is 1. The van der Waals surface area contributed by atoms with E-state index < -0.39 is 0 Å². The minimum absolute atomic E-state index is 0.0402. The van der Waals surface area contributed by atoms with E-state index in [0.29, 0.717) is 24.9 Å². The molecule has 1 heterocycles. The van der Waals surface area contributed by atoms with Gasteiger partial charge in [0.05, 0.1) is 12.7 Å². The van der Waals surface area contributed by atoms with Gasteiger partial charge in [0.25, 0.3) is 0 Å². The van der Waals surface area contributed by atoms with Crippen LogP contribution in [-0.4, -0.2) is 37.5 Å². The third-order valence-corrected chi connectivity index (χ3v) is 4.63. The van der Waals surface area contributed by atoms with Gasteiger partial charge < -0.3 is 14.6 Å². The molecule has 23 heavy (non-hydrogen) atoms. The molecule has 1 atom stereocenters. The largest absolute Gasteiger partial charge is 0.464 e. The molecule has 1 aromatic heterocycles. The highest BCUT2D eigenvalue weighted by Crippen LogP contribution is 2.26. The van der Waals surface area contributed by atoms with Crippen LogP contribution in [0, 0.1) is 19.8 Å². The molecule has 2 aromatic rings. The Kier molecular flexibility index (Phi) is 5.47. The molecule has 2 rings (SSSR count). The van der Waals surface area contributed by atoms with Crippen molar-refractivity contribution in [3.63, 3.8) is 0 Å². The minimum Gasteiger partial charge on any atom is -0.464 e. The quantitative estimate of drug-likeness (QED) is 0.889. The number of benzene rings is 1. The first kappa shape index (κ1) is 17.5. The Bertz CT molecular complexity index is 678. The lowest BCUT2D eigenvalue weighted by Gasteiger charge is -2.28. The molecular formula is C19H28N2O2. The van der Waals surface area contributed by atoms with Crippen LogP contribution in [0.5, 0.6) is 0 Å². The number of aryl methyl sites for hydroxylation is 2. The minimum atomic E-state index is 0.0402. The zero-order chi connectivity index (χ0) is 17.1. The van der Waals surface area contributed by atoms with E-state index >= 15 is 0 Å². The van der Waals surface area contributed by atoms with Crippen LogP contribution in [0.3, 0.4) is 0 Å². The normalized spacial score (nSPS) is 13.0. The van der Waals surface area contributed by atoms with E-state index in [2.05, 4.69) is 44.0 Å². The summed E-state index contributed by atoms with van der Waals surface area (Å²) in [6, 6.07) is 4.46. The van der Waals surface area contributed by atoms with Crippen LogP contribution in [0.25, 0.3) is 11.0 Å². The zero-order valence-corrected chi connectivity index (χ0v) is 15.1. The highest BCUT2D eigenvalue weighted by atomic mass is 16.3. The maximum atomic E-state index is 12.3. The van der Waals surface area contributed by atoms with Gasteiger partial charge in [0.15, 0.2) is 0 Å². The second kappa shape index (κ2) is 7.18. The van der Waals surface area contributed by atoms with Crippen molar-refractivity contribution < 1.29 is 9.21 Å². The van der Waals surface area contributed by atoms with E-state index in [1.165, 1.54) is 5.56 Å². The fourth-order valence-corrected chi connectivity index (χ4v) is 2.99. The van der Waals surface area contributed by atoms with Crippen LogP contribution in [-0.2, 0) is 11.2 Å². The van der Waals surface area contributed by atoms with Crippen molar-refractivity contribution in [2.24, 2.45) is 5.92 Å². The number of rotatable bonds is 6. The molecule has 0 aliphatic carbocycles. The number of furan rings is 1. The highest BCUT2D eigenvalue weighted by molar-refractivity contribution is 5.89. The molecule has 4 heteroatoms. The summed E-state index contributed by atoms with van der Waals surface area (Å²) in [5.74, 6) is 0.532. The first-order valence-corrected chi connectivity index (χ1v) is 8.20. The van der Waals surface area contributed by atoms with Crippen molar-refractivity contribution in [1.82, 2.24) is 10.2 Å². The Hall–Kier alpha value is -1.81. The van der Waals surface area contributed by atoms with E-state index in [0.717, 1.165) is 22.1 Å². The average Bonchev–Trinajstić information content (AvgIpc) is 2.86. The summed E-state index contributed by atoms with van der Waals surface area (Å²) >= 11 is 0. The molecular weight excluding hydrogens is 288 g/mol. The summed E-state index contributed by atoms with van der Waals surface area (Å²) in [7, 11) is 4.09. The molecule has 0 fully saturated rings. The van der Waals surface area contributed by atoms with E-state index in [9.17, 15) is 4.79 Å². The molecule has 0 unspecified atom stereocenters. The van der Waals surface area contributed by atoms with Crippen molar-refractivity contribution in [3.8, 4) is 0 Å². The molecule has 0 saturated carbocycles. The molecule has 0 aliphatic rings. The van der Waals surface area contributed by atoms with Crippen LogP contribution >= 0.6 is 0 Å². The lowest BCUT2D eigenvalue weighted by atomic mass is 10.0. The molecule has 4 nitrogen and oxygen atoms in total. The van der Waals surface area contributed by atoms with Crippen molar-refractivity contribution in [1.29, 1.82) is 0 Å². The molecule has 1 N–H and O–H groups in total. The fraction of sp³-hybridized carbons (Fsp3) is 0.526. The predicted molar refractivity (Wildman–Crippen MR) is 94.7 cm³/mol. The fourth-order valence-electron chi connectivity index (χ4n) is 2.99. The van der Waals surface area contributed by atoms with Crippen LogP contribution in [0.4, 0.5) is 0 Å². The van der Waals surface area contributed by atoms with Gasteiger partial charge in [-0.25, -0.2) is 0 Å². The van der Waals surface area contributed by atoms with Crippen LogP contribution in [0.2, 0.25) is 0 Å². The van der Waals surface area contributed by atoms with E-state index in [1.807, 2.05) is 20.2 Å². The summed E-state index contributed by atoms with van der Waals surface area (Å²) in [5.41, 5.74) is 4.18. The van der Waals surface area contributed by atoms with Gasteiger partial charge in [0.1, 0.15) is 5.58 Å². The van der Waals surface area contributed by atoms with Crippen LogP contribution in [0.1, 0.15) is 30.5 Å². The van der Waals surface area contributed by atoms with Crippen LogP contribution in [0.15, 0.2) is 22.8 Å². The predicted octanol–water partition coefficient (Wildman–Crippen LogP) is 3.29. The molecule has 0 saturated heterocycles. The molecule has 1 amide bonds. The molecule has 0 radical (unpaired) electrons. The Morgan fingerprint density at radius 1 is 1.26 bits per heavy atom. The van der Waals surface area contributed by atoms with E-state index in [-0.39, 0.29) is 5.91 Å².